The smallest absolute Gasteiger partial charge is 0.231 e. The average molecular weight is 452 g/mol. The zero-order chi connectivity index (χ0) is 20.4. The fourth-order valence-corrected chi connectivity index (χ4v) is 3.60. The molecule has 2 aromatic carbocycles. The first-order valence-electron chi connectivity index (χ1n) is 8.48. The second kappa shape index (κ2) is 8.41. The van der Waals surface area contributed by atoms with Gasteiger partial charge in [-0.15, -0.1) is 0 Å². The van der Waals surface area contributed by atoms with Crippen LogP contribution in [0.1, 0.15) is 21.9 Å². The Morgan fingerprint density at radius 3 is 2.55 bits per heavy atom. The zero-order valence-corrected chi connectivity index (χ0v) is 17.1. The molecule has 3 aromatic rings. The van der Waals surface area contributed by atoms with E-state index in [-0.39, 0.29) is 19.2 Å². The van der Waals surface area contributed by atoms with Crippen LogP contribution in [-0.2, 0) is 6.61 Å². The van der Waals surface area contributed by atoms with Crippen molar-refractivity contribution < 1.29 is 23.4 Å². The fraction of sp³-hybridized carbons (Fsp3) is 0.0952. The van der Waals surface area contributed by atoms with Gasteiger partial charge in [0.05, 0.1) is 10.0 Å². The highest BCUT2D eigenvalue weighted by atomic mass is 35.5. The largest absolute Gasteiger partial charge is 0.483 e. The lowest BCUT2D eigenvalue weighted by molar-refractivity contribution is 0.104. The Bertz CT molecular complexity index is 1080. The van der Waals surface area contributed by atoms with Crippen LogP contribution < -0.4 is 14.2 Å². The minimum atomic E-state index is -0.183. The third-order valence-corrected chi connectivity index (χ3v) is 4.84. The summed E-state index contributed by atoms with van der Waals surface area (Å²) >= 11 is 18.1. The summed E-state index contributed by atoms with van der Waals surface area (Å²) in [4.78, 5) is 12.3. The van der Waals surface area contributed by atoms with Crippen molar-refractivity contribution in [3.8, 4) is 17.2 Å². The lowest BCUT2D eigenvalue weighted by atomic mass is 10.1. The molecule has 29 heavy (non-hydrogen) atoms. The first kappa shape index (κ1) is 19.7. The van der Waals surface area contributed by atoms with Crippen molar-refractivity contribution in [1.82, 2.24) is 0 Å². The molecular weight excluding hydrogens is 439 g/mol. The maximum atomic E-state index is 12.3. The third-order valence-electron chi connectivity index (χ3n) is 4.06. The second-order valence-electron chi connectivity index (χ2n) is 6.06. The van der Waals surface area contributed by atoms with E-state index in [1.54, 1.807) is 48.5 Å². The Kier molecular flexibility index (Phi) is 5.72. The summed E-state index contributed by atoms with van der Waals surface area (Å²) < 4.78 is 21.8. The molecule has 0 saturated heterocycles. The van der Waals surface area contributed by atoms with Crippen LogP contribution in [0.3, 0.4) is 0 Å². The SMILES string of the molecule is O=C(/C=C/c1ccc(COc2c(Cl)cc(Cl)cc2Cl)o1)c1ccc2c(c1)OCO2. The lowest BCUT2D eigenvalue weighted by Gasteiger charge is -2.08. The van der Waals surface area contributed by atoms with Crippen LogP contribution in [0.4, 0.5) is 0 Å². The number of halogens is 3. The fourth-order valence-electron chi connectivity index (χ4n) is 2.68. The quantitative estimate of drug-likeness (QED) is 0.319. The van der Waals surface area contributed by atoms with E-state index in [1.165, 1.54) is 6.08 Å². The number of rotatable bonds is 6. The minimum absolute atomic E-state index is 0.116. The number of hydrogen-bond donors (Lipinski definition) is 0. The predicted octanol–water partition coefficient (Wildman–Crippen LogP) is 6.44. The molecule has 0 aliphatic carbocycles. The molecule has 0 unspecified atom stereocenters. The monoisotopic (exact) mass is 450 g/mol. The molecule has 0 N–H and O–H groups in total. The van der Waals surface area contributed by atoms with E-state index in [9.17, 15) is 4.79 Å². The highest BCUT2D eigenvalue weighted by molar-refractivity contribution is 6.40. The van der Waals surface area contributed by atoms with Crippen LogP contribution in [0.2, 0.25) is 15.1 Å². The van der Waals surface area contributed by atoms with E-state index < -0.39 is 0 Å². The average Bonchev–Trinajstić information content (AvgIpc) is 3.33. The Hall–Kier alpha value is -2.60. The Labute approximate surface area is 181 Å². The van der Waals surface area contributed by atoms with Crippen LogP contribution in [0.5, 0.6) is 17.2 Å². The maximum absolute atomic E-state index is 12.3. The minimum Gasteiger partial charge on any atom is -0.483 e. The number of benzene rings is 2. The van der Waals surface area contributed by atoms with Crippen molar-refractivity contribution in [2.75, 3.05) is 6.79 Å². The molecule has 0 spiro atoms. The van der Waals surface area contributed by atoms with Gasteiger partial charge in [0.2, 0.25) is 6.79 Å². The number of furan rings is 1. The Morgan fingerprint density at radius 2 is 1.76 bits per heavy atom. The first-order valence-corrected chi connectivity index (χ1v) is 9.61. The van der Waals surface area contributed by atoms with Crippen molar-refractivity contribution in [1.29, 1.82) is 0 Å². The number of ether oxygens (including phenoxy) is 3. The van der Waals surface area contributed by atoms with Crippen LogP contribution in [0.15, 0.2) is 53.0 Å². The highest BCUT2D eigenvalue weighted by Crippen LogP contribution is 2.36. The molecule has 8 heteroatoms. The molecule has 2 heterocycles. The van der Waals surface area contributed by atoms with Gasteiger partial charge in [0.15, 0.2) is 23.0 Å². The maximum Gasteiger partial charge on any atom is 0.231 e. The second-order valence-corrected chi connectivity index (χ2v) is 7.31. The topological polar surface area (TPSA) is 57.9 Å². The van der Waals surface area contributed by atoms with E-state index in [2.05, 4.69) is 0 Å². The zero-order valence-electron chi connectivity index (χ0n) is 14.8. The standard InChI is InChI=1S/C21H13Cl3O5/c22-13-8-16(23)21(17(24)9-13)26-10-15-3-2-14(29-15)4-5-18(25)12-1-6-19-20(7-12)28-11-27-19/h1-9H,10-11H2/b5-4+. The molecule has 148 valence electrons. The van der Waals surface area contributed by atoms with E-state index in [0.29, 0.717) is 49.4 Å². The molecular formula is C21H13Cl3O5. The highest BCUT2D eigenvalue weighted by Gasteiger charge is 2.15. The summed E-state index contributed by atoms with van der Waals surface area (Å²) in [6.45, 7) is 0.275. The number of carbonyl (C=O) groups is 1. The van der Waals surface area contributed by atoms with Gasteiger partial charge < -0.3 is 18.6 Å². The molecule has 0 saturated carbocycles. The number of hydrogen-bond acceptors (Lipinski definition) is 5. The predicted molar refractivity (Wildman–Crippen MR) is 110 cm³/mol. The van der Waals surface area contributed by atoms with E-state index in [0.717, 1.165) is 0 Å². The molecule has 4 rings (SSSR count). The van der Waals surface area contributed by atoms with Crippen molar-refractivity contribution in [3.05, 3.63) is 80.7 Å². The number of fused-ring (bicyclic) bond motifs is 1. The van der Waals surface area contributed by atoms with Crippen molar-refractivity contribution in [3.63, 3.8) is 0 Å². The van der Waals surface area contributed by atoms with Crippen molar-refractivity contribution in [2.45, 2.75) is 6.61 Å². The third kappa shape index (κ3) is 4.53. The number of ketones is 1. The molecule has 5 nitrogen and oxygen atoms in total. The van der Waals surface area contributed by atoms with Gasteiger partial charge in [-0.2, -0.15) is 0 Å². The molecule has 0 amide bonds. The van der Waals surface area contributed by atoms with E-state index in [4.69, 9.17) is 53.4 Å². The van der Waals surface area contributed by atoms with Gasteiger partial charge in [-0.1, -0.05) is 34.8 Å². The van der Waals surface area contributed by atoms with Crippen molar-refractivity contribution in [2.24, 2.45) is 0 Å². The molecule has 0 radical (unpaired) electrons. The normalized spacial score (nSPS) is 12.5. The summed E-state index contributed by atoms with van der Waals surface area (Å²) in [6, 6.07) is 11.6. The van der Waals surface area contributed by atoms with Gasteiger partial charge in [-0.3, -0.25) is 4.79 Å². The van der Waals surface area contributed by atoms with Crippen LogP contribution in [0, 0.1) is 0 Å². The Morgan fingerprint density at radius 1 is 1.00 bits per heavy atom. The molecule has 0 fully saturated rings. The van der Waals surface area contributed by atoms with Crippen LogP contribution >= 0.6 is 34.8 Å². The van der Waals surface area contributed by atoms with Crippen LogP contribution in [0.25, 0.3) is 6.08 Å². The summed E-state index contributed by atoms with van der Waals surface area (Å²) in [5, 5.41) is 1.04. The summed E-state index contributed by atoms with van der Waals surface area (Å²) in [7, 11) is 0. The van der Waals surface area contributed by atoms with E-state index >= 15 is 0 Å². The van der Waals surface area contributed by atoms with Gasteiger partial charge >= 0.3 is 0 Å². The van der Waals surface area contributed by atoms with Crippen LogP contribution in [-0.4, -0.2) is 12.6 Å². The summed E-state index contributed by atoms with van der Waals surface area (Å²) in [6.07, 6.45) is 3.01. The number of allylic oxidation sites excluding steroid dienone is 1. The van der Waals surface area contributed by atoms with Crippen molar-refractivity contribution >= 4 is 46.7 Å². The lowest BCUT2D eigenvalue weighted by Crippen LogP contribution is -1.95. The molecule has 1 aliphatic rings. The van der Waals surface area contributed by atoms with Gasteiger partial charge in [-0.25, -0.2) is 0 Å². The molecule has 1 aliphatic heterocycles. The van der Waals surface area contributed by atoms with Gasteiger partial charge in [0.1, 0.15) is 18.1 Å². The first-order chi connectivity index (χ1) is 14.0. The summed E-state index contributed by atoms with van der Waals surface area (Å²) in [5.74, 6) is 2.37. The Balaban J connectivity index is 1.40. The number of carbonyl (C=O) groups excluding carboxylic acids is 1. The van der Waals surface area contributed by atoms with Gasteiger partial charge in [0, 0.05) is 10.6 Å². The molecule has 0 atom stereocenters. The van der Waals surface area contributed by atoms with Gasteiger partial charge in [0.25, 0.3) is 0 Å². The van der Waals surface area contributed by atoms with Gasteiger partial charge in [-0.05, 0) is 54.6 Å². The van der Waals surface area contributed by atoms with E-state index in [1.807, 2.05) is 0 Å². The summed E-state index contributed by atoms with van der Waals surface area (Å²) in [5.41, 5.74) is 0.493. The molecule has 0 bridgehead atoms. The molecule has 1 aromatic heterocycles.